The summed E-state index contributed by atoms with van der Waals surface area (Å²) < 4.78 is 40.0. The normalized spacial score (nSPS) is 12.7. The summed E-state index contributed by atoms with van der Waals surface area (Å²) in [5, 5.41) is 3.15. The first-order valence-electron chi connectivity index (χ1n) is 7.48. The standard InChI is InChI=1S/C16H24F3N/c1-3-5-6-7-8-9-16(20-4-2)12-10-14(18)15(19)11-13(12)17/h10-11,16,20H,3-9H2,1-2H3. The van der Waals surface area contributed by atoms with Gasteiger partial charge in [-0.1, -0.05) is 46.0 Å². The SMILES string of the molecule is CCCCCCCC(NCC)c1cc(F)c(F)cc1F. The molecule has 0 aliphatic carbocycles. The van der Waals surface area contributed by atoms with E-state index in [1.165, 1.54) is 12.8 Å². The van der Waals surface area contributed by atoms with E-state index in [0.29, 0.717) is 12.6 Å². The Morgan fingerprint density at radius 3 is 2.20 bits per heavy atom. The molecule has 1 aromatic carbocycles. The lowest BCUT2D eigenvalue weighted by Gasteiger charge is -2.19. The Balaban J connectivity index is 2.67. The Morgan fingerprint density at radius 2 is 1.55 bits per heavy atom. The Labute approximate surface area is 119 Å². The highest BCUT2D eigenvalue weighted by molar-refractivity contribution is 5.23. The van der Waals surface area contributed by atoms with Crippen molar-refractivity contribution >= 4 is 0 Å². The Hall–Kier alpha value is -1.03. The van der Waals surface area contributed by atoms with Crippen molar-refractivity contribution in [3.05, 3.63) is 35.1 Å². The van der Waals surface area contributed by atoms with E-state index in [9.17, 15) is 13.2 Å². The Kier molecular flexibility index (Phi) is 7.67. The van der Waals surface area contributed by atoms with Crippen molar-refractivity contribution in [1.29, 1.82) is 0 Å². The molecule has 0 aliphatic heterocycles. The van der Waals surface area contributed by atoms with Gasteiger partial charge in [0, 0.05) is 17.7 Å². The summed E-state index contributed by atoms with van der Waals surface area (Å²) in [5.74, 6) is -2.80. The maximum atomic E-state index is 13.8. The van der Waals surface area contributed by atoms with Crippen LogP contribution in [0.1, 0.15) is 64.0 Å². The van der Waals surface area contributed by atoms with Crippen LogP contribution in [0.2, 0.25) is 0 Å². The summed E-state index contributed by atoms with van der Waals surface area (Å²) in [6.45, 7) is 4.73. The molecule has 20 heavy (non-hydrogen) atoms. The summed E-state index contributed by atoms with van der Waals surface area (Å²) in [6, 6.07) is 1.35. The van der Waals surface area contributed by atoms with Gasteiger partial charge in [0.25, 0.3) is 0 Å². The van der Waals surface area contributed by atoms with Crippen LogP contribution in [0.5, 0.6) is 0 Å². The molecule has 0 heterocycles. The van der Waals surface area contributed by atoms with Crippen molar-refractivity contribution in [3.8, 4) is 0 Å². The van der Waals surface area contributed by atoms with E-state index in [0.717, 1.165) is 31.7 Å². The number of hydrogen-bond donors (Lipinski definition) is 1. The molecule has 0 bridgehead atoms. The van der Waals surface area contributed by atoms with Crippen molar-refractivity contribution in [1.82, 2.24) is 5.32 Å². The fraction of sp³-hybridized carbons (Fsp3) is 0.625. The van der Waals surface area contributed by atoms with Crippen molar-refractivity contribution in [3.63, 3.8) is 0 Å². The van der Waals surface area contributed by atoms with Gasteiger partial charge in [0.15, 0.2) is 11.6 Å². The lowest BCUT2D eigenvalue weighted by atomic mass is 9.99. The van der Waals surface area contributed by atoms with Crippen LogP contribution in [-0.2, 0) is 0 Å². The molecule has 0 saturated carbocycles. The molecule has 0 radical (unpaired) electrons. The predicted octanol–water partition coefficient (Wildman–Crippen LogP) is 5.12. The third-order valence-electron chi connectivity index (χ3n) is 3.46. The molecular weight excluding hydrogens is 263 g/mol. The van der Waals surface area contributed by atoms with E-state index >= 15 is 0 Å². The first-order chi connectivity index (χ1) is 9.60. The summed E-state index contributed by atoms with van der Waals surface area (Å²) in [7, 11) is 0. The summed E-state index contributed by atoms with van der Waals surface area (Å²) in [5.41, 5.74) is 0.223. The van der Waals surface area contributed by atoms with E-state index in [2.05, 4.69) is 12.2 Å². The molecule has 1 N–H and O–H groups in total. The van der Waals surface area contributed by atoms with Crippen LogP contribution < -0.4 is 5.32 Å². The summed E-state index contributed by atoms with van der Waals surface area (Å²) >= 11 is 0. The van der Waals surface area contributed by atoms with Gasteiger partial charge < -0.3 is 5.32 Å². The first-order valence-corrected chi connectivity index (χ1v) is 7.48. The second-order valence-corrected chi connectivity index (χ2v) is 5.10. The molecule has 0 fully saturated rings. The van der Waals surface area contributed by atoms with E-state index in [1.54, 1.807) is 0 Å². The van der Waals surface area contributed by atoms with Gasteiger partial charge in [0.1, 0.15) is 5.82 Å². The maximum absolute atomic E-state index is 13.8. The fourth-order valence-electron chi connectivity index (χ4n) is 2.37. The number of unbranched alkanes of at least 4 members (excludes halogenated alkanes) is 4. The lowest BCUT2D eigenvalue weighted by molar-refractivity contribution is 0.442. The largest absolute Gasteiger partial charge is 0.310 e. The van der Waals surface area contributed by atoms with Gasteiger partial charge in [0.2, 0.25) is 0 Å². The summed E-state index contributed by atoms with van der Waals surface area (Å²) in [6.07, 6.45) is 6.31. The molecule has 0 spiro atoms. The van der Waals surface area contributed by atoms with Crippen LogP contribution >= 0.6 is 0 Å². The van der Waals surface area contributed by atoms with Crippen molar-refractivity contribution < 1.29 is 13.2 Å². The average molecular weight is 287 g/mol. The molecule has 0 aliphatic rings. The maximum Gasteiger partial charge on any atom is 0.161 e. The van der Waals surface area contributed by atoms with Crippen molar-refractivity contribution in [2.45, 2.75) is 58.4 Å². The monoisotopic (exact) mass is 287 g/mol. The molecule has 1 atom stereocenters. The molecule has 0 aromatic heterocycles. The average Bonchev–Trinajstić information content (AvgIpc) is 2.41. The first kappa shape index (κ1) is 17.0. The molecule has 1 aromatic rings. The van der Waals surface area contributed by atoms with Gasteiger partial charge in [-0.3, -0.25) is 0 Å². The van der Waals surface area contributed by atoms with Crippen LogP contribution in [0.4, 0.5) is 13.2 Å². The predicted molar refractivity (Wildman–Crippen MR) is 76.1 cm³/mol. The number of hydrogen-bond acceptors (Lipinski definition) is 1. The molecule has 1 nitrogen and oxygen atoms in total. The Bertz CT molecular complexity index is 407. The number of halogens is 3. The zero-order chi connectivity index (χ0) is 15.0. The van der Waals surface area contributed by atoms with E-state index in [-0.39, 0.29) is 11.6 Å². The number of benzene rings is 1. The lowest BCUT2D eigenvalue weighted by Crippen LogP contribution is -2.22. The molecular formula is C16H24F3N. The van der Waals surface area contributed by atoms with Gasteiger partial charge in [-0.15, -0.1) is 0 Å². The van der Waals surface area contributed by atoms with Gasteiger partial charge in [0.05, 0.1) is 0 Å². The summed E-state index contributed by atoms with van der Waals surface area (Å²) in [4.78, 5) is 0. The molecule has 0 amide bonds. The zero-order valence-corrected chi connectivity index (χ0v) is 12.3. The zero-order valence-electron chi connectivity index (χ0n) is 12.3. The van der Waals surface area contributed by atoms with Crippen molar-refractivity contribution in [2.24, 2.45) is 0 Å². The molecule has 4 heteroatoms. The molecule has 1 rings (SSSR count). The van der Waals surface area contributed by atoms with E-state index in [1.807, 2.05) is 6.92 Å². The third-order valence-corrected chi connectivity index (χ3v) is 3.46. The van der Waals surface area contributed by atoms with Crippen LogP contribution in [0, 0.1) is 17.5 Å². The topological polar surface area (TPSA) is 12.0 Å². The van der Waals surface area contributed by atoms with E-state index in [4.69, 9.17) is 0 Å². The van der Waals surface area contributed by atoms with Crippen LogP contribution in [0.25, 0.3) is 0 Å². The molecule has 0 saturated heterocycles. The minimum Gasteiger partial charge on any atom is -0.310 e. The highest BCUT2D eigenvalue weighted by atomic mass is 19.2. The quantitative estimate of drug-likeness (QED) is 0.491. The van der Waals surface area contributed by atoms with Gasteiger partial charge >= 0.3 is 0 Å². The smallest absolute Gasteiger partial charge is 0.161 e. The van der Waals surface area contributed by atoms with Crippen LogP contribution in [0.15, 0.2) is 12.1 Å². The minimum absolute atomic E-state index is 0.223. The second-order valence-electron chi connectivity index (χ2n) is 5.10. The van der Waals surface area contributed by atoms with Gasteiger partial charge in [-0.25, -0.2) is 13.2 Å². The second kappa shape index (κ2) is 9.01. The third kappa shape index (κ3) is 5.16. The highest BCUT2D eigenvalue weighted by Crippen LogP contribution is 2.25. The number of rotatable bonds is 9. The fourth-order valence-corrected chi connectivity index (χ4v) is 2.37. The number of nitrogens with one attached hydrogen (secondary N) is 1. The van der Waals surface area contributed by atoms with Crippen LogP contribution in [-0.4, -0.2) is 6.54 Å². The van der Waals surface area contributed by atoms with Gasteiger partial charge in [-0.2, -0.15) is 0 Å². The van der Waals surface area contributed by atoms with Gasteiger partial charge in [-0.05, 0) is 19.0 Å². The highest BCUT2D eigenvalue weighted by Gasteiger charge is 2.17. The van der Waals surface area contributed by atoms with Crippen LogP contribution in [0.3, 0.4) is 0 Å². The Morgan fingerprint density at radius 1 is 0.900 bits per heavy atom. The molecule has 114 valence electrons. The van der Waals surface area contributed by atoms with Crippen molar-refractivity contribution in [2.75, 3.05) is 6.54 Å². The van der Waals surface area contributed by atoms with E-state index < -0.39 is 17.5 Å². The molecule has 1 unspecified atom stereocenters. The minimum atomic E-state index is -1.13.